The summed E-state index contributed by atoms with van der Waals surface area (Å²) in [5.74, 6) is -11.2. The van der Waals surface area contributed by atoms with Gasteiger partial charge in [-0.3, -0.25) is 0 Å². The molecule has 0 unspecified atom stereocenters. The van der Waals surface area contributed by atoms with Crippen LogP contribution in [0.2, 0.25) is 0 Å². The number of benzene rings is 3. The van der Waals surface area contributed by atoms with E-state index in [0.717, 1.165) is 0 Å². The number of esters is 1. The molecule has 0 N–H and O–H groups in total. The number of hydrogen-bond donors (Lipinski definition) is 0. The number of nitrogens with zero attached hydrogens (tertiary/aromatic N) is 2. The highest BCUT2D eigenvalue weighted by Crippen LogP contribution is 2.42. The first-order valence-electron chi connectivity index (χ1n) is 10.5. The Kier molecular flexibility index (Phi) is 7.39. The Morgan fingerprint density at radius 3 is 1.89 bits per heavy atom. The van der Waals surface area contributed by atoms with Crippen LogP contribution in [0.1, 0.15) is 16.1 Å². The van der Waals surface area contributed by atoms with Crippen molar-refractivity contribution in [1.82, 2.24) is 9.78 Å². The summed E-state index contributed by atoms with van der Waals surface area (Å²) >= 11 is 0.193. The van der Waals surface area contributed by atoms with E-state index in [1.807, 2.05) is 0 Å². The molecule has 4 aromatic rings. The molecule has 37 heavy (non-hydrogen) atoms. The molecule has 192 valence electrons. The minimum absolute atomic E-state index is 0.00171. The molecule has 0 radical (unpaired) electrons. The maximum Gasteiger partial charge on any atom is 0.345 e. The van der Waals surface area contributed by atoms with Gasteiger partial charge >= 0.3 is 5.97 Å². The SMILES string of the molecule is COc1cc(OC)cc(C(=O)Oc2c(Sc3c(F)c(F)c(F)c(F)c3F)c(C)nn2-c2ccccc2)c1. The highest BCUT2D eigenvalue weighted by Gasteiger charge is 2.30. The second-order valence-electron chi connectivity index (χ2n) is 7.46. The standard InChI is InChI=1S/C25H17F5N2O4S/c1-12-22(37-23-20(29)18(27)17(26)19(28)21(23)30)24(32(31-12)14-7-5-4-6-8-14)36-25(33)13-9-15(34-2)11-16(10-13)35-3/h4-11H,1-3H3. The highest BCUT2D eigenvalue weighted by molar-refractivity contribution is 7.99. The predicted molar refractivity (Wildman–Crippen MR) is 123 cm³/mol. The van der Waals surface area contributed by atoms with Crippen LogP contribution < -0.4 is 14.2 Å². The molecule has 0 atom stereocenters. The zero-order valence-corrected chi connectivity index (χ0v) is 20.3. The Bertz CT molecular complexity index is 1440. The number of methoxy groups -OCH3 is 2. The molecule has 1 aromatic heterocycles. The highest BCUT2D eigenvalue weighted by atomic mass is 32.2. The molecule has 0 bridgehead atoms. The van der Waals surface area contributed by atoms with Crippen LogP contribution in [0.25, 0.3) is 5.69 Å². The summed E-state index contributed by atoms with van der Waals surface area (Å²) in [6.07, 6.45) is 0. The molecule has 12 heteroatoms. The summed E-state index contributed by atoms with van der Waals surface area (Å²) in [6.45, 7) is 1.43. The maximum atomic E-state index is 14.5. The molecule has 0 spiro atoms. The van der Waals surface area contributed by atoms with E-state index in [4.69, 9.17) is 14.2 Å². The zero-order chi connectivity index (χ0) is 26.9. The molecule has 1 heterocycles. The van der Waals surface area contributed by atoms with E-state index in [0.29, 0.717) is 5.69 Å². The first-order valence-corrected chi connectivity index (χ1v) is 11.3. The summed E-state index contributed by atoms with van der Waals surface area (Å²) in [7, 11) is 2.77. The van der Waals surface area contributed by atoms with Gasteiger partial charge < -0.3 is 14.2 Å². The number of carbonyl (C=O) groups excluding carboxylic acids is 1. The molecule has 0 aliphatic heterocycles. The monoisotopic (exact) mass is 536 g/mol. The first kappa shape index (κ1) is 26.0. The molecule has 0 amide bonds. The summed E-state index contributed by atoms with van der Waals surface area (Å²) in [4.78, 5) is 11.8. The quantitative estimate of drug-likeness (QED) is 0.120. The number of aromatic nitrogens is 2. The van der Waals surface area contributed by atoms with Crippen molar-refractivity contribution >= 4 is 17.7 Å². The molecular formula is C25H17F5N2O4S. The lowest BCUT2D eigenvalue weighted by molar-refractivity contribution is 0.0717. The van der Waals surface area contributed by atoms with Crippen molar-refractivity contribution in [2.75, 3.05) is 14.2 Å². The molecule has 0 saturated heterocycles. The summed E-state index contributed by atoms with van der Waals surface area (Å²) in [6, 6.07) is 12.6. The Morgan fingerprint density at radius 2 is 1.35 bits per heavy atom. The molecule has 0 saturated carbocycles. The van der Waals surface area contributed by atoms with Crippen LogP contribution in [0, 0.1) is 36.0 Å². The fourth-order valence-corrected chi connectivity index (χ4v) is 4.26. The van der Waals surface area contributed by atoms with Crippen molar-refractivity contribution < 1.29 is 41.0 Å². The first-order chi connectivity index (χ1) is 17.7. The van der Waals surface area contributed by atoms with Crippen LogP contribution in [0.4, 0.5) is 22.0 Å². The minimum Gasteiger partial charge on any atom is -0.497 e. The van der Waals surface area contributed by atoms with Gasteiger partial charge in [0.1, 0.15) is 11.5 Å². The van der Waals surface area contributed by atoms with Crippen molar-refractivity contribution in [2.24, 2.45) is 0 Å². The van der Waals surface area contributed by atoms with Crippen LogP contribution in [0.5, 0.6) is 17.4 Å². The Hall–Kier alpha value is -4.06. The van der Waals surface area contributed by atoms with E-state index in [1.165, 1.54) is 44.0 Å². The smallest absolute Gasteiger partial charge is 0.345 e. The fourth-order valence-electron chi connectivity index (χ4n) is 3.29. The van der Waals surface area contributed by atoms with E-state index >= 15 is 0 Å². The number of halogens is 5. The van der Waals surface area contributed by atoms with Crippen LogP contribution in [-0.2, 0) is 0 Å². The lowest BCUT2D eigenvalue weighted by atomic mass is 10.2. The summed E-state index contributed by atoms with van der Waals surface area (Å²) < 4.78 is 87.3. The largest absolute Gasteiger partial charge is 0.497 e. The summed E-state index contributed by atoms with van der Waals surface area (Å²) in [5, 5.41) is 4.28. The molecule has 6 nitrogen and oxygen atoms in total. The van der Waals surface area contributed by atoms with Gasteiger partial charge in [0.05, 0.1) is 41.0 Å². The van der Waals surface area contributed by atoms with Gasteiger partial charge in [0.15, 0.2) is 23.3 Å². The fraction of sp³-hybridized carbons (Fsp3) is 0.120. The Labute approximate surface area is 211 Å². The molecule has 0 aliphatic carbocycles. The van der Waals surface area contributed by atoms with Crippen molar-refractivity contribution in [3.05, 3.63) is 88.9 Å². The second-order valence-corrected chi connectivity index (χ2v) is 8.48. The van der Waals surface area contributed by atoms with Gasteiger partial charge in [-0.2, -0.15) is 9.78 Å². The number of hydrogen-bond acceptors (Lipinski definition) is 6. The van der Waals surface area contributed by atoms with Gasteiger partial charge in [-0.1, -0.05) is 30.0 Å². The predicted octanol–water partition coefficient (Wildman–Crippen LogP) is 6.26. The third-order valence-corrected chi connectivity index (χ3v) is 6.35. The number of aryl methyl sites for hydroxylation is 1. The van der Waals surface area contributed by atoms with Gasteiger partial charge in [-0.15, -0.1) is 0 Å². The van der Waals surface area contributed by atoms with Crippen molar-refractivity contribution in [3.8, 4) is 23.1 Å². The van der Waals surface area contributed by atoms with Crippen molar-refractivity contribution in [1.29, 1.82) is 0 Å². The van der Waals surface area contributed by atoms with Gasteiger partial charge in [-0.05, 0) is 31.2 Å². The topological polar surface area (TPSA) is 62.6 Å². The molecule has 3 aromatic carbocycles. The Balaban J connectivity index is 1.85. The average Bonchev–Trinajstić information content (AvgIpc) is 3.23. The van der Waals surface area contributed by atoms with Gasteiger partial charge in [0, 0.05) is 6.07 Å². The van der Waals surface area contributed by atoms with Crippen molar-refractivity contribution in [3.63, 3.8) is 0 Å². The minimum atomic E-state index is -2.28. The molecule has 0 aliphatic rings. The number of ether oxygens (including phenoxy) is 3. The summed E-state index contributed by atoms with van der Waals surface area (Å²) in [5.41, 5.74) is 0.506. The molecule has 4 rings (SSSR count). The lowest BCUT2D eigenvalue weighted by Gasteiger charge is -2.12. The van der Waals surface area contributed by atoms with Crippen LogP contribution in [0.3, 0.4) is 0 Å². The molecular weight excluding hydrogens is 519 g/mol. The molecule has 0 fully saturated rings. The van der Waals surface area contributed by atoms with Gasteiger partial charge in [0.2, 0.25) is 11.7 Å². The van der Waals surface area contributed by atoms with Gasteiger partial charge in [-0.25, -0.2) is 26.7 Å². The third-order valence-electron chi connectivity index (χ3n) is 5.12. The maximum absolute atomic E-state index is 14.5. The van der Waals surface area contributed by atoms with Crippen LogP contribution >= 0.6 is 11.8 Å². The third kappa shape index (κ3) is 4.96. The van der Waals surface area contributed by atoms with Crippen LogP contribution in [0.15, 0.2) is 58.3 Å². The van der Waals surface area contributed by atoms with E-state index in [9.17, 15) is 26.7 Å². The van der Waals surface area contributed by atoms with E-state index in [2.05, 4.69) is 5.10 Å². The van der Waals surface area contributed by atoms with E-state index in [-0.39, 0.29) is 45.3 Å². The number of rotatable bonds is 7. The average molecular weight is 536 g/mol. The van der Waals surface area contributed by atoms with E-state index in [1.54, 1.807) is 30.3 Å². The van der Waals surface area contributed by atoms with E-state index < -0.39 is 40.0 Å². The zero-order valence-electron chi connectivity index (χ0n) is 19.4. The second kappa shape index (κ2) is 10.5. The van der Waals surface area contributed by atoms with Gasteiger partial charge in [0.25, 0.3) is 0 Å². The lowest BCUT2D eigenvalue weighted by Crippen LogP contribution is -2.13. The Morgan fingerprint density at radius 1 is 0.811 bits per heavy atom. The number of carbonyl (C=O) groups is 1. The van der Waals surface area contributed by atoms with Crippen molar-refractivity contribution in [2.45, 2.75) is 16.7 Å². The van der Waals surface area contributed by atoms with Crippen LogP contribution in [-0.4, -0.2) is 30.0 Å². The number of para-hydroxylation sites is 1. The normalized spacial score (nSPS) is 10.9.